The van der Waals surface area contributed by atoms with Crippen molar-refractivity contribution in [3.8, 4) is 0 Å². The topological polar surface area (TPSA) is 0 Å². The predicted octanol–water partition coefficient (Wildman–Crippen LogP) is 11.1. The minimum absolute atomic E-state index is 0. The van der Waals surface area contributed by atoms with E-state index in [0.717, 1.165) is 29.6 Å². The Hall–Kier alpha value is 0. The summed E-state index contributed by atoms with van der Waals surface area (Å²) in [6, 6.07) is 0. The lowest BCUT2D eigenvalue weighted by Gasteiger charge is -2.35. The van der Waals surface area contributed by atoms with Crippen molar-refractivity contribution in [1.82, 2.24) is 0 Å². The zero-order valence-corrected chi connectivity index (χ0v) is 19.4. The Morgan fingerprint density at radius 3 is 1.23 bits per heavy atom. The lowest BCUT2D eigenvalue weighted by Crippen LogP contribution is -2.24. The zero-order valence-electron chi connectivity index (χ0n) is 19.4. The van der Waals surface area contributed by atoms with E-state index >= 15 is 0 Å². The molecule has 0 heteroatoms. The van der Waals surface area contributed by atoms with E-state index in [1.54, 1.807) is 0 Å². The van der Waals surface area contributed by atoms with E-state index in [9.17, 15) is 0 Å². The van der Waals surface area contributed by atoms with Crippen LogP contribution in [-0.4, -0.2) is 0 Å². The van der Waals surface area contributed by atoms with Crippen molar-refractivity contribution >= 4 is 0 Å². The highest BCUT2D eigenvalue weighted by Crippen LogP contribution is 2.37. The van der Waals surface area contributed by atoms with Gasteiger partial charge < -0.3 is 0 Å². The molecule has 0 aromatic rings. The van der Waals surface area contributed by atoms with E-state index in [1.165, 1.54) is 32.1 Å². The highest BCUT2D eigenvalue weighted by molar-refractivity contribution is 4.77. The highest BCUT2D eigenvalue weighted by atomic mass is 14.3. The van der Waals surface area contributed by atoms with Crippen molar-refractivity contribution in [2.24, 2.45) is 29.6 Å². The quantitative estimate of drug-likeness (QED) is 0.458. The van der Waals surface area contributed by atoms with Gasteiger partial charge in [0.05, 0.1) is 0 Å². The van der Waals surface area contributed by atoms with E-state index in [0.29, 0.717) is 0 Å². The molecule has 0 aromatic carbocycles. The Morgan fingerprint density at radius 1 is 0.654 bits per heavy atom. The average Bonchev–Trinajstić information content (AvgIpc) is 2.62. The molecule has 0 saturated heterocycles. The van der Waals surface area contributed by atoms with Crippen molar-refractivity contribution in [2.45, 2.75) is 144 Å². The van der Waals surface area contributed by atoms with Crippen LogP contribution in [0.15, 0.2) is 0 Å². The van der Waals surface area contributed by atoms with Crippen LogP contribution in [-0.2, 0) is 0 Å². The minimum Gasteiger partial charge on any atom is -0.0776 e. The number of rotatable bonds is 3. The number of hydrogen-bond acceptors (Lipinski definition) is 0. The van der Waals surface area contributed by atoms with Crippen LogP contribution in [0.5, 0.6) is 0 Å². The normalized spacial score (nSPS) is 20.8. The molecule has 0 nitrogen and oxygen atoms in total. The Balaban J connectivity index is -0.0000000446. The summed E-state index contributed by atoms with van der Waals surface area (Å²) in [7, 11) is 0. The molecule has 1 fully saturated rings. The van der Waals surface area contributed by atoms with Crippen LogP contribution in [0, 0.1) is 29.6 Å². The first kappa shape index (κ1) is 45.0. The molecular formula is C26H66. The minimum atomic E-state index is 0. The largest absolute Gasteiger partial charge is 0.0776 e. The Morgan fingerprint density at radius 2 is 1.00 bits per heavy atom. The van der Waals surface area contributed by atoms with Crippen LogP contribution < -0.4 is 0 Å². The third-order valence-corrected chi connectivity index (χ3v) is 4.90. The van der Waals surface area contributed by atoms with Crippen LogP contribution in [0.3, 0.4) is 0 Å². The van der Waals surface area contributed by atoms with Gasteiger partial charge in [0.2, 0.25) is 0 Å². The van der Waals surface area contributed by atoms with Crippen molar-refractivity contribution in [1.29, 1.82) is 0 Å². The van der Waals surface area contributed by atoms with Gasteiger partial charge in [-0.05, 0) is 42.4 Å². The van der Waals surface area contributed by atoms with Gasteiger partial charge in [-0.2, -0.15) is 0 Å². The van der Waals surface area contributed by atoms with Crippen LogP contribution in [0.2, 0.25) is 0 Å². The molecule has 0 heterocycles. The first-order chi connectivity index (χ1) is 10.9. The van der Waals surface area contributed by atoms with Gasteiger partial charge in [-0.3, -0.25) is 0 Å². The van der Waals surface area contributed by atoms with Gasteiger partial charge in [0.25, 0.3) is 0 Å². The molecule has 0 aromatic heterocycles. The Bertz CT molecular complexity index is 171. The lowest BCUT2D eigenvalue weighted by atomic mass is 9.71. The summed E-state index contributed by atoms with van der Waals surface area (Å²) in [6.07, 6.45) is 7.11. The molecule has 170 valence electrons. The van der Waals surface area contributed by atoms with Crippen molar-refractivity contribution < 1.29 is 0 Å². The maximum Gasteiger partial charge on any atom is -0.0386 e. The van der Waals surface area contributed by atoms with Gasteiger partial charge in [-0.25, -0.2) is 0 Å². The fourth-order valence-corrected chi connectivity index (χ4v) is 2.44. The van der Waals surface area contributed by atoms with E-state index in [-0.39, 0.29) is 22.3 Å². The Labute approximate surface area is 174 Å². The van der Waals surface area contributed by atoms with Gasteiger partial charge in [-0.1, -0.05) is 132 Å². The molecule has 1 aliphatic carbocycles. The van der Waals surface area contributed by atoms with Crippen molar-refractivity contribution in [3.63, 3.8) is 0 Å². The van der Waals surface area contributed by atoms with Crippen LogP contribution in [0.25, 0.3) is 0 Å². The van der Waals surface area contributed by atoms with Crippen LogP contribution in [0.1, 0.15) is 144 Å². The van der Waals surface area contributed by atoms with E-state index in [1.807, 2.05) is 41.5 Å². The fraction of sp³-hybridized carbons (Fsp3) is 1.00. The highest BCUT2D eigenvalue weighted by Gasteiger charge is 2.26. The molecule has 0 spiro atoms. The lowest BCUT2D eigenvalue weighted by molar-refractivity contribution is 0.161. The molecule has 0 amide bonds. The molecule has 0 aliphatic heterocycles. The molecule has 0 N–H and O–H groups in total. The monoisotopic (exact) mass is 379 g/mol. The van der Waals surface area contributed by atoms with Gasteiger partial charge >= 0.3 is 0 Å². The van der Waals surface area contributed by atoms with Crippen LogP contribution >= 0.6 is 0 Å². The predicted molar refractivity (Wildman–Crippen MR) is 134 cm³/mol. The maximum atomic E-state index is 2.43. The zero-order chi connectivity index (χ0) is 19.4. The maximum absolute atomic E-state index is 2.43. The first-order valence-corrected chi connectivity index (χ1v) is 10.9. The third-order valence-electron chi connectivity index (χ3n) is 4.90. The van der Waals surface area contributed by atoms with E-state index in [2.05, 4.69) is 48.5 Å². The summed E-state index contributed by atoms with van der Waals surface area (Å²) in [5.41, 5.74) is 0. The number of hydrogen-bond donors (Lipinski definition) is 0. The Kier molecular flexibility index (Phi) is 62.3. The molecular weight excluding hydrogens is 312 g/mol. The third kappa shape index (κ3) is 28.8. The van der Waals surface area contributed by atoms with Gasteiger partial charge in [0.15, 0.2) is 0 Å². The summed E-state index contributed by atoms with van der Waals surface area (Å²) in [5, 5.41) is 0. The summed E-state index contributed by atoms with van der Waals surface area (Å²) in [4.78, 5) is 0. The summed E-state index contributed by atoms with van der Waals surface area (Å²) < 4.78 is 0. The summed E-state index contributed by atoms with van der Waals surface area (Å²) in [5.74, 6) is 4.82. The smallest absolute Gasteiger partial charge is 0.0386 e. The molecule has 0 unspecified atom stereocenters. The first-order valence-electron chi connectivity index (χ1n) is 10.9. The molecule has 0 radical (unpaired) electrons. The second-order valence-electron chi connectivity index (χ2n) is 6.72. The van der Waals surface area contributed by atoms with E-state index < -0.39 is 0 Å². The average molecular weight is 379 g/mol. The standard InChI is InChI=1S/C12H24.C5H12.3C2H6.3CH4/c1-5-9(2)12-7-6-10(3)11(4)8-12;1-4-5(2)3;3*1-2;;;/h9-12H,5-8H2,1-4H3;5H,4H2,1-3H3;3*1-2H3;3*1H4/t9-,10+,11-,12-;;;;;;;/m0......./s1. The van der Waals surface area contributed by atoms with Crippen molar-refractivity contribution in [3.05, 3.63) is 0 Å². The second-order valence-corrected chi connectivity index (χ2v) is 6.72. The fourth-order valence-electron chi connectivity index (χ4n) is 2.44. The second kappa shape index (κ2) is 36.0. The molecule has 1 saturated carbocycles. The van der Waals surface area contributed by atoms with E-state index in [4.69, 9.17) is 0 Å². The molecule has 4 atom stereocenters. The van der Waals surface area contributed by atoms with Gasteiger partial charge in [0.1, 0.15) is 0 Å². The van der Waals surface area contributed by atoms with Gasteiger partial charge in [-0.15, -0.1) is 0 Å². The summed E-state index contributed by atoms with van der Waals surface area (Å²) >= 11 is 0. The molecule has 0 bridgehead atoms. The van der Waals surface area contributed by atoms with Gasteiger partial charge in [0, 0.05) is 0 Å². The molecule has 1 rings (SSSR count). The molecule has 1 aliphatic rings. The summed E-state index contributed by atoms with van der Waals surface area (Å²) in [6.45, 7) is 28.2. The van der Waals surface area contributed by atoms with Crippen LogP contribution in [0.4, 0.5) is 0 Å². The molecule has 26 heavy (non-hydrogen) atoms. The van der Waals surface area contributed by atoms with Crippen molar-refractivity contribution in [2.75, 3.05) is 0 Å². The SMILES string of the molecule is C.C.C.CC.CC.CC.CCC(C)C.CC[C@H](C)[C@H]1CC[C@@H](C)[C@@H](C)C1.